The second-order valence-corrected chi connectivity index (χ2v) is 7.19. The summed E-state index contributed by atoms with van der Waals surface area (Å²) < 4.78 is 0. The van der Waals surface area contributed by atoms with E-state index in [4.69, 9.17) is 23.2 Å². The van der Waals surface area contributed by atoms with E-state index in [9.17, 15) is 9.59 Å². The first-order valence-electron chi connectivity index (χ1n) is 8.10. The Kier molecular flexibility index (Phi) is 6.90. The highest BCUT2D eigenvalue weighted by atomic mass is 35.5. The summed E-state index contributed by atoms with van der Waals surface area (Å²) in [7, 11) is 0. The van der Waals surface area contributed by atoms with Gasteiger partial charge in [-0.25, -0.2) is 0 Å². The smallest absolute Gasteiger partial charge is 0.244 e. The van der Waals surface area contributed by atoms with Crippen molar-refractivity contribution in [3.8, 4) is 0 Å². The Morgan fingerprint density at radius 2 is 2.08 bits per heavy atom. The number of benzene rings is 1. The largest absolute Gasteiger partial charge is 0.350 e. The molecule has 132 valence electrons. The van der Waals surface area contributed by atoms with Gasteiger partial charge in [-0.2, -0.15) is 0 Å². The van der Waals surface area contributed by atoms with Crippen molar-refractivity contribution in [1.82, 2.24) is 15.5 Å². The minimum absolute atomic E-state index is 0.0289. The van der Waals surface area contributed by atoms with Crippen LogP contribution in [0.25, 0.3) is 0 Å². The molecule has 1 aliphatic heterocycles. The van der Waals surface area contributed by atoms with Gasteiger partial charge in [0.2, 0.25) is 11.8 Å². The van der Waals surface area contributed by atoms with E-state index in [1.807, 2.05) is 19.9 Å². The number of rotatable bonds is 5. The highest BCUT2D eigenvalue weighted by Crippen LogP contribution is 2.22. The summed E-state index contributed by atoms with van der Waals surface area (Å²) in [5.41, 5.74) is 0.863. The number of hydrogen-bond donors (Lipinski definition) is 2. The third-order valence-electron chi connectivity index (χ3n) is 3.90. The van der Waals surface area contributed by atoms with Crippen molar-refractivity contribution in [2.45, 2.75) is 32.9 Å². The van der Waals surface area contributed by atoms with E-state index in [0.717, 1.165) is 5.56 Å². The topological polar surface area (TPSA) is 61.4 Å². The standard InChI is InChI=1S/C17H23Cl2N3O2/c1-11(2)7-16(23)22-6-5-20-10-15(22)17(24)21-9-12-3-4-13(18)14(19)8-12/h3-4,8,11,15,20H,5-7,9-10H2,1-2H3,(H,21,24)/t15-/m1/s1. The molecule has 1 fully saturated rings. The Morgan fingerprint density at radius 1 is 1.33 bits per heavy atom. The Hall–Kier alpha value is -1.30. The number of nitrogens with zero attached hydrogens (tertiary/aromatic N) is 1. The normalized spacial score (nSPS) is 17.9. The molecule has 1 aromatic carbocycles. The van der Waals surface area contributed by atoms with E-state index < -0.39 is 6.04 Å². The zero-order chi connectivity index (χ0) is 17.7. The summed E-state index contributed by atoms with van der Waals surface area (Å²) in [6.07, 6.45) is 0.455. The molecule has 0 radical (unpaired) electrons. The fraction of sp³-hybridized carbons (Fsp3) is 0.529. The first-order valence-corrected chi connectivity index (χ1v) is 8.86. The molecule has 0 aromatic heterocycles. The van der Waals surface area contributed by atoms with E-state index in [1.54, 1.807) is 17.0 Å². The first kappa shape index (κ1) is 19.0. The van der Waals surface area contributed by atoms with Gasteiger partial charge >= 0.3 is 0 Å². The van der Waals surface area contributed by atoms with Crippen molar-refractivity contribution in [2.24, 2.45) is 5.92 Å². The zero-order valence-corrected chi connectivity index (χ0v) is 15.5. The Bertz CT molecular complexity index is 607. The van der Waals surface area contributed by atoms with Crippen LogP contribution in [0.3, 0.4) is 0 Å². The van der Waals surface area contributed by atoms with Gasteiger partial charge in [0.1, 0.15) is 6.04 Å². The monoisotopic (exact) mass is 371 g/mol. The van der Waals surface area contributed by atoms with Crippen LogP contribution in [-0.4, -0.2) is 42.4 Å². The summed E-state index contributed by atoms with van der Waals surface area (Å²) >= 11 is 11.9. The van der Waals surface area contributed by atoms with Crippen molar-refractivity contribution in [3.63, 3.8) is 0 Å². The second-order valence-electron chi connectivity index (χ2n) is 6.37. The molecule has 2 rings (SSSR count). The van der Waals surface area contributed by atoms with E-state index in [0.29, 0.717) is 42.6 Å². The van der Waals surface area contributed by atoms with Crippen LogP contribution in [0.2, 0.25) is 10.0 Å². The third kappa shape index (κ3) is 5.10. The van der Waals surface area contributed by atoms with E-state index in [1.165, 1.54) is 0 Å². The summed E-state index contributed by atoms with van der Waals surface area (Å²) in [5, 5.41) is 6.99. The molecule has 1 saturated heterocycles. The molecule has 1 aliphatic rings. The lowest BCUT2D eigenvalue weighted by Crippen LogP contribution is -2.59. The van der Waals surface area contributed by atoms with Crippen LogP contribution in [-0.2, 0) is 16.1 Å². The fourth-order valence-corrected chi connectivity index (χ4v) is 2.98. The van der Waals surface area contributed by atoms with Crippen LogP contribution in [0, 0.1) is 5.92 Å². The van der Waals surface area contributed by atoms with Crippen molar-refractivity contribution >= 4 is 35.0 Å². The third-order valence-corrected chi connectivity index (χ3v) is 4.64. The van der Waals surface area contributed by atoms with E-state index in [2.05, 4.69) is 10.6 Å². The molecule has 24 heavy (non-hydrogen) atoms. The number of carbonyl (C=O) groups is 2. The maximum Gasteiger partial charge on any atom is 0.244 e. The van der Waals surface area contributed by atoms with E-state index in [-0.39, 0.29) is 17.7 Å². The minimum Gasteiger partial charge on any atom is -0.350 e. The summed E-state index contributed by atoms with van der Waals surface area (Å²) in [4.78, 5) is 26.6. The molecule has 0 saturated carbocycles. The van der Waals surface area contributed by atoms with E-state index >= 15 is 0 Å². The van der Waals surface area contributed by atoms with Crippen LogP contribution < -0.4 is 10.6 Å². The lowest BCUT2D eigenvalue weighted by Gasteiger charge is -2.35. The van der Waals surface area contributed by atoms with Crippen molar-refractivity contribution in [3.05, 3.63) is 33.8 Å². The highest BCUT2D eigenvalue weighted by molar-refractivity contribution is 6.42. The Balaban J connectivity index is 1.97. The van der Waals surface area contributed by atoms with Gasteiger partial charge in [-0.15, -0.1) is 0 Å². The summed E-state index contributed by atoms with van der Waals surface area (Å²) in [6.45, 7) is 6.07. The average Bonchev–Trinajstić information content (AvgIpc) is 2.55. The number of hydrogen-bond acceptors (Lipinski definition) is 3. The number of piperazine rings is 1. The van der Waals surface area contributed by atoms with Crippen molar-refractivity contribution < 1.29 is 9.59 Å². The molecule has 0 bridgehead atoms. The van der Waals surface area contributed by atoms with Gasteiger partial charge in [0.25, 0.3) is 0 Å². The fourth-order valence-electron chi connectivity index (χ4n) is 2.66. The predicted octanol–water partition coefficient (Wildman–Crippen LogP) is 2.46. The number of halogens is 2. The van der Waals surface area contributed by atoms with Gasteiger partial charge in [0.15, 0.2) is 0 Å². The van der Waals surface area contributed by atoms with Gasteiger partial charge < -0.3 is 15.5 Å². The molecule has 2 amide bonds. The lowest BCUT2D eigenvalue weighted by atomic mass is 10.1. The summed E-state index contributed by atoms with van der Waals surface area (Å²) in [6, 6.07) is 4.76. The second kappa shape index (κ2) is 8.70. The lowest BCUT2D eigenvalue weighted by molar-refractivity contribution is -0.142. The first-order chi connectivity index (χ1) is 11.4. The van der Waals surface area contributed by atoms with Crippen LogP contribution in [0.15, 0.2) is 18.2 Å². The van der Waals surface area contributed by atoms with Crippen LogP contribution in [0.5, 0.6) is 0 Å². The van der Waals surface area contributed by atoms with Crippen molar-refractivity contribution in [1.29, 1.82) is 0 Å². The van der Waals surface area contributed by atoms with Gasteiger partial charge in [0, 0.05) is 32.6 Å². The quantitative estimate of drug-likeness (QED) is 0.835. The molecule has 0 unspecified atom stereocenters. The van der Waals surface area contributed by atoms with Gasteiger partial charge in [0.05, 0.1) is 10.0 Å². The molecule has 1 heterocycles. The molecule has 0 spiro atoms. The molecule has 0 aliphatic carbocycles. The average molecular weight is 372 g/mol. The predicted molar refractivity (Wildman–Crippen MR) is 96.1 cm³/mol. The van der Waals surface area contributed by atoms with Crippen LogP contribution in [0.4, 0.5) is 0 Å². The maximum atomic E-state index is 12.5. The van der Waals surface area contributed by atoms with Gasteiger partial charge in [-0.1, -0.05) is 43.1 Å². The molecule has 5 nitrogen and oxygen atoms in total. The molecule has 2 N–H and O–H groups in total. The number of amides is 2. The van der Waals surface area contributed by atoms with Gasteiger partial charge in [-0.05, 0) is 23.6 Å². The Morgan fingerprint density at radius 3 is 2.75 bits per heavy atom. The molecule has 1 atom stereocenters. The minimum atomic E-state index is -0.479. The molecule has 1 aromatic rings. The maximum absolute atomic E-state index is 12.5. The molecular weight excluding hydrogens is 349 g/mol. The van der Waals surface area contributed by atoms with Gasteiger partial charge in [-0.3, -0.25) is 9.59 Å². The Labute approximate surface area is 152 Å². The highest BCUT2D eigenvalue weighted by Gasteiger charge is 2.31. The number of nitrogens with one attached hydrogen (secondary N) is 2. The van der Waals surface area contributed by atoms with Crippen LogP contribution in [0.1, 0.15) is 25.8 Å². The number of carbonyl (C=O) groups excluding carboxylic acids is 2. The SMILES string of the molecule is CC(C)CC(=O)N1CCNC[C@@H]1C(=O)NCc1ccc(Cl)c(Cl)c1. The summed E-state index contributed by atoms with van der Waals surface area (Å²) in [5.74, 6) is 0.138. The van der Waals surface area contributed by atoms with Crippen LogP contribution >= 0.6 is 23.2 Å². The zero-order valence-electron chi connectivity index (χ0n) is 13.9. The molecular formula is C17H23Cl2N3O2. The molecule has 7 heteroatoms. The van der Waals surface area contributed by atoms with Crippen molar-refractivity contribution in [2.75, 3.05) is 19.6 Å².